The van der Waals surface area contributed by atoms with Crippen LogP contribution in [0.15, 0.2) is 23.3 Å². The molecule has 6 nitrogen and oxygen atoms in total. The first-order chi connectivity index (χ1) is 10.5. The normalized spacial score (nSPS) is 18.7. The summed E-state index contributed by atoms with van der Waals surface area (Å²) < 4.78 is 13.5. The van der Waals surface area contributed by atoms with Crippen molar-refractivity contribution in [2.24, 2.45) is 16.8 Å². The Morgan fingerprint density at radius 1 is 1.59 bits per heavy atom. The van der Waals surface area contributed by atoms with E-state index in [0.29, 0.717) is 11.6 Å². The van der Waals surface area contributed by atoms with Crippen LogP contribution in [-0.4, -0.2) is 24.6 Å². The van der Waals surface area contributed by atoms with Crippen LogP contribution in [0.2, 0.25) is 0 Å². The molecule has 0 aliphatic carbocycles. The highest BCUT2D eigenvalue weighted by molar-refractivity contribution is 6.45. The summed E-state index contributed by atoms with van der Waals surface area (Å²) >= 11 is 0. The number of piperidine rings is 1. The van der Waals surface area contributed by atoms with Crippen LogP contribution < -0.4 is 16.1 Å². The van der Waals surface area contributed by atoms with Crippen molar-refractivity contribution in [1.29, 1.82) is 10.7 Å². The van der Waals surface area contributed by atoms with E-state index in [1.165, 1.54) is 18.6 Å². The number of benzene rings is 1. The van der Waals surface area contributed by atoms with Crippen LogP contribution in [0.4, 0.5) is 15.8 Å². The van der Waals surface area contributed by atoms with Crippen LogP contribution in [0.3, 0.4) is 0 Å². The van der Waals surface area contributed by atoms with Crippen molar-refractivity contribution in [3.63, 3.8) is 0 Å². The van der Waals surface area contributed by atoms with Gasteiger partial charge in [0.05, 0.1) is 11.4 Å². The third kappa shape index (κ3) is 3.73. The number of nitrogens with two attached hydrogens (primary N) is 1. The standard InChI is InChI=1S/C15H19FN6/c1-10-3-2-6-22(9-10)14-5-4-11(16)7-12(14)20-21-13(8-17)15(18)19/h4-5,7,10,20H,2-3,6,9H2,1H3,(H3,18,19)/b21-13+. The molecule has 1 saturated heterocycles. The second-order valence-electron chi connectivity index (χ2n) is 5.45. The summed E-state index contributed by atoms with van der Waals surface area (Å²) in [7, 11) is 0. The maximum absolute atomic E-state index is 13.5. The Morgan fingerprint density at radius 3 is 3.00 bits per heavy atom. The molecule has 1 heterocycles. The van der Waals surface area contributed by atoms with Gasteiger partial charge in [-0.05, 0) is 30.9 Å². The zero-order valence-electron chi connectivity index (χ0n) is 12.4. The van der Waals surface area contributed by atoms with Crippen molar-refractivity contribution in [3.8, 4) is 6.07 Å². The van der Waals surface area contributed by atoms with Gasteiger partial charge in [-0.25, -0.2) is 4.39 Å². The second-order valence-corrected chi connectivity index (χ2v) is 5.45. The molecule has 0 saturated carbocycles. The average Bonchev–Trinajstić information content (AvgIpc) is 2.47. The molecule has 0 amide bonds. The van der Waals surface area contributed by atoms with Gasteiger partial charge in [-0.3, -0.25) is 10.8 Å². The number of hydrogen-bond donors (Lipinski definition) is 3. The molecule has 2 rings (SSSR count). The average molecular weight is 302 g/mol. The molecule has 1 fully saturated rings. The Kier molecular flexibility index (Phi) is 4.94. The van der Waals surface area contributed by atoms with E-state index in [1.807, 2.05) is 0 Å². The summed E-state index contributed by atoms with van der Waals surface area (Å²) in [4.78, 5) is 2.17. The molecule has 116 valence electrons. The van der Waals surface area contributed by atoms with E-state index in [4.69, 9.17) is 16.4 Å². The van der Waals surface area contributed by atoms with Crippen LogP contribution in [-0.2, 0) is 0 Å². The van der Waals surface area contributed by atoms with E-state index in [0.717, 1.165) is 25.2 Å². The van der Waals surface area contributed by atoms with Crippen molar-refractivity contribution in [2.45, 2.75) is 19.8 Å². The Morgan fingerprint density at radius 2 is 2.36 bits per heavy atom. The predicted octanol–water partition coefficient (Wildman–Crippen LogP) is 2.29. The molecule has 1 aromatic rings. The molecule has 1 aromatic carbocycles. The third-order valence-corrected chi connectivity index (χ3v) is 3.61. The highest BCUT2D eigenvalue weighted by atomic mass is 19.1. The predicted molar refractivity (Wildman–Crippen MR) is 85.6 cm³/mol. The number of anilines is 2. The molecule has 0 aromatic heterocycles. The fourth-order valence-electron chi connectivity index (χ4n) is 2.54. The van der Waals surface area contributed by atoms with E-state index in [2.05, 4.69) is 22.4 Å². The lowest BCUT2D eigenvalue weighted by Gasteiger charge is -2.33. The SMILES string of the molecule is CC1CCCN(c2ccc(F)cc2N/N=C(\C#N)C(=N)N)C1. The maximum atomic E-state index is 13.5. The summed E-state index contributed by atoms with van der Waals surface area (Å²) in [6.07, 6.45) is 2.26. The van der Waals surface area contributed by atoms with Gasteiger partial charge < -0.3 is 10.6 Å². The molecule has 22 heavy (non-hydrogen) atoms. The maximum Gasteiger partial charge on any atom is 0.201 e. The lowest BCUT2D eigenvalue weighted by Crippen LogP contribution is -2.34. The number of rotatable bonds is 4. The Bertz CT molecular complexity index is 633. The Hall–Kier alpha value is -2.62. The topological polar surface area (TPSA) is 101 Å². The van der Waals surface area contributed by atoms with Gasteiger partial charge >= 0.3 is 0 Å². The molecule has 1 aliphatic rings. The fraction of sp³-hybridized carbons (Fsp3) is 0.400. The number of nitriles is 1. The monoisotopic (exact) mass is 302 g/mol. The van der Waals surface area contributed by atoms with E-state index in [-0.39, 0.29) is 5.71 Å². The van der Waals surface area contributed by atoms with Crippen molar-refractivity contribution < 1.29 is 4.39 Å². The Labute approximate surface area is 128 Å². The number of hydrogen-bond acceptors (Lipinski definition) is 5. The summed E-state index contributed by atoms with van der Waals surface area (Å²) in [5, 5.41) is 19.9. The van der Waals surface area contributed by atoms with Crippen LogP contribution in [0.1, 0.15) is 19.8 Å². The first-order valence-corrected chi connectivity index (χ1v) is 7.14. The Balaban J connectivity index is 2.28. The third-order valence-electron chi connectivity index (χ3n) is 3.61. The summed E-state index contributed by atoms with van der Waals surface area (Å²) in [5.41, 5.74) is 8.97. The minimum Gasteiger partial charge on any atom is -0.382 e. The van der Waals surface area contributed by atoms with Crippen LogP contribution in [0.25, 0.3) is 0 Å². The van der Waals surface area contributed by atoms with Crippen LogP contribution in [0.5, 0.6) is 0 Å². The first kappa shape index (κ1) is 15.8. The largest absolute Gasteiger partial charge is 0.382 e. The number of halogens is 1. The quantitative estimate of drug-likeness (QED) is 0.451. The van der Waals surface area contributed by atoms with Gasteiger partial charge in [0.1, 0.15) is 11.9 Å². The first-order valence-electron chi connectivity index (χ1n) is 7.14. The van der Waals surface area contributed by atoms with Gasteiger partial charge in [-0.15, -0.1) is 0 Å². The molecular formula is C15H19FN6. The van der Waals surface area contributed by atoms with Crippen LogP contribution >= 0.6 is 0 Å². The van der Waals surface area contributed by atoms with Gasteiger partial charge in [0.25, 0.3) is 0 Å². The van der Waals surface area contributed by atoms with Gasteiger partial charge in [-0.1, -0.05) is 6.92 Å². The zero-order chi connectivity index (χ0) is 16.1. The molecule has 0 radical (unpaired) electrons. The number of hydrazone groups is 1. The van der Waals surface area contributed by atoms with Crippen molar-refractivity contribution in [3.05, 3.63) is 24.0 Å². The molecule has 0 spiro atoms. The van der Waals surface area contributed by atoms with Crippen LogP contribution in [0, 0.1) is 28.5 Å². The molecule has 0 bridgehead atoms. The fourth-order valence-corrected chi connectivity index (χ4v) is 2.54. The number of nitrogens with zero attached hydrogens (tertiary/aromatic N) is 3. The molecule has 1 unspecified atom stereocenters. The summed E-state index contributed by atoms with van der Waals surface area (Å²) in [6.45, 7) is 3.97. The summed E-state index contributed by atoms with van der Waals surface area (Å²) in [6, 6.07) is 6.15. The number of nitrogens with one attached hydrogen (secondary N) is 2. The zero-order valence-corrected chi connectivity index (χ0v) is 12.4. The molecule has 7 heteroatoms. The van der Waals surface area contributed by atoms with Crippen molar-refractivity contribution in [1.82, 2.24) is 0 Å². The van der Waals surface area contributed by atoms with Gasteiger partial charge in [0.2, 0.25) is 5.71 Å². The lowest BCUT2D eigenvalue weighted by atomic mass is 9.99. The van der Waals surface area contributed by atoms with E-state index in [1.54, 1.807) is 12.1 Å². The van der Waals surface area contributed by atoms with Crippen molar-refractivity contribution >= 4 is 22.9 Å². The minimum atomic E-state index is -0.431. The molecule has 1 aliphatic heterocycles. The highest BCUT2D eigenvalue weighted by Gasteiger charge is 2.19. The highest BCUT2D eigenvalue weighted by Crippen LogP contribution is 2.30. The summed E-state index contributed by atoms with van der Waals surface area (Å²) in [5.74, 6) is -0.255. The molecule has 4 N–H and O–H groups in total. The van der Waals surface area contributed by atoms with Gasteiger partial charge in [-0.2, -0.15) is 10.4 Å². The smallest absolute Gasteiger partial charge is 0.201 e. The second kappa shape index (κ2) is 6.89. The minimum absolute atomic E-state index is 0.234. The molecule has 1 atom stereocenters. The van der Waals surface area contributed by atoms with Crippen molar-refractivity contribution in [2.75, 3.05) is 23.4 Å². The van der Waals surface area contributed by atoms with E-state index >= 15 is 0 Å². The van der Waals surface area contributed by atoms with Gasteiger partial charge in [0, 0.05) is 19.2 Å². The van der Waals surface area contributed by atoms with E-state index < -0.39 is 11.7 Å². The van der Waals surface area contributed by atoms with Gasteiger partial charge in [0.15, 0.2) is 5.84 Å². The molecular weight excluding hydrogens is 283 g/mol. The number of amidine groups is 1. The van der Waals surface area contributed by atoms with E-state index in [9.17, 15) is 4.39 Å². The lowest BCUT2D eigenvalue weighted by molar-refractivity contribution is 0.447.